The predicted octanol–water partition coefficient (Wildman–Crippen LogP) is 6.23. The molecule has 0 aromatic heterocycles. The molecular weight excluding hydrogens is 451 g/mol. The zero-order valence-electron chi connectivity index (χ0n) is 21.4. The number of benzene rings is 3. The van der Waals surface area contributed by atoms with E-state index in [4.69, 9.17) is 4.74 Å². The maximum Gasteiger partial charge on any atom is 0.123 e. The third kappa shape index (κ3) is 5.84. The number of phenolic OH excluding ortho intramolecular Hbond substituents is 1. The summed E-state index contributed by atoms with van der Waals surface area (Å²) in [5, 5.41) is 10.0. The number of ether oxygens (including phenoxy) is 1. The number of anilines is 1. The van der Waals surface area contributed by atoms with E-state index in [0.717, 1.165) is 62.3 Å². The standard InChI is InChI=1S/C31H37FN2O2/c1-22-17-23(2)21-33(20-22)15-16-36-29-10-3-24(4-11-29)18-31-30-12-9-28(35)19-25(30)13-14-34(31)27-7-5-26(32)6-8-27/h3-12,19,22-23,31,35H,13-18,20-21H2,1-2H3. The predicted molar refractivity (Wildman–Crippen MR) is 143 cm³/mol. The van der Waals surface area contributed by atoms with E-state index < -0.39 is 0 Å². The molecule has 5 rings (SSSR count). The second-order valence-electron chi connectivity index (χ2n) is 10.7. The lowest BCUT2D eigenvalue weighted by molar-refractivity contribution is 0.120. The first-order valence-corrected chi connectivity index (χ1v) is 13.2. The molecule has 5 heteroatoms. The van der Waals surface area contributed by atoms with Crippen LogP contribution >= 0.6 is 0 Å². The highest BCUT2D eigenvalue weighted by Crippen LogP contribution is 2.37. The molecule has 0 saturated carbocycles. The summed E-state index contributed by atoms with van der Waals surface area (Å²) in [6, 6.07) is 21.0. The van der Waals surface area contributed by atoms with Crippen LogP contribution in [0.1, 0.15) is 43.0 Å². The van der Waals surface area contributed by atoms with Gasteiger partial charge < -0.3 is 14.7 Å². The summed E-state index contributed by atoms with van der Waals surface area (Å²) in [6.45, 7) is 9.50. The average Bonchev–Trinajstić information content (AvgIpc) is 2.85. The summed E-state index contributed by atoms with van der Waals surface area (Å²) < 4.78 is 19.7. The normalized spacial score (nSPS) is 22.3. The molecule has 1 N–H and O–H groups in total. The molecule has 3 aromatic carbocycles. The fourth-order valence-corrected chi connectivity index (χ4v) is 6.07. The van der Waals surface area contributed by atoms with E-state index in [1.807, 2.05) is 24.3 Å². The Labute approximate surface area is 214 Å². The average molecular weight is 489 g/mol. The van der Waals surface area contributed by atoms with Gasteiger partial charge in [-0.1, -0.05) is 32.0 Å². The number of rotatable bonds is 7. The molecule has 3 atom stereocenters. The molecule has 0 spiro atoms. The number of phenols is 1. The fourth-order valence-electron chi connectivity index (χ4n) is 6.07. The van der Waals surface area contributed by atoms with Gasteiger partial charge in [0.2, 0.25) is 0 Å². The molecule has 3 aromatic rings. The summed E-state index contributed by atoms with van der Waals surface area (Å²) in [6.07, 6.45) is 2.99. The number of halogens is 1. The minimum Gasteiger partial charge on any atom is -0.508 e. The monoisotopic (exact) mass is 488 g/mol. The number of likely N-dealkylation sites (tertiary alicyclic amines) is 1. The smallest absolute Gasteiger partial charge is 0.123 e. The van der Waals surface area contributed by atoms with Gasteiger partial charge in [0, 0.05) is 31.9 Å². The third-order valence-corrected chi connectivity index (χ3v) is 7.62. The molecule has 2 aliphatic rings. The Bertz CT molecular complexity index is 1140. The summed E-state index contributed by atoms with van der Waals surface area (Å²) >= 11 is 0. The van der Waals surface area contributed by atoms with Gasteiger partial charge in [-0.2, -0.15) is 0 Å². The Hall–Kier alpha value is -3.05. The van der Waals surface area contributed by atoms with Gasteiger partial charge in [-0.15, -0.1) is 0 Å². The maximum absolute atomic E-state index is 13.6. The van der Waals surface area contributed by atoms with Crippen LogP contribution in [-0.2, 0) is 12.8 Å². The first kappa shape index (κ1) is 24.6. The highest BCUT2D eigenvalue weighted by molar-refractivity contribution is 5.53. The number of hydrogen-bond acceptors (Lipinski definition) is 4. The van der Waals surface area contributed by atoms with Crippen molar-refractivity contribution in [2.45, 2.75) is 39.2 Å². The van der Waals surface area contributed by atoms with E-state index in [0.29, 0.717) is 12.4 Å². The Balaban J connectivity index is 1.26. The molecule has 0 radical (unpaired) electrons. The van der Waals surface area contributed by atoms with Crippen molar-refractivity contribution in [2.75, 3.05) is 37.7 Å². The molecule has 1 fully saturated rings. The zero-order valence-corrected chi connectivity index (χ0v) is 21.4. The van der Waals surface area contributed by atoms with E-state index in [9.17, 15) is 9.50 Å². The van der Waals surface area contributed by atoms with Gasteiger partial charge >= 0.3 is 0 Å². The van der Waals surface area contributed by atoms with E-state index in [-0.39, 0.29) is 11.9 Å². The van der Waals surface area contributed by atoms with Crippen molar-refractivity contribution in [1.82, 2.24) is 4.90 Å². The third-order valence-electron chi connectivity index (χ3n) is 7.62. The molecule has 0 bridgehead atoms. The largest absolute Gasteiger partial charge is 0.508 e. The van der Waals surface area contributed by atoms with Crippen LogP contribution in [0, 0.1) is 17.7 Å². The number of aromatic hydroxyl groups is 1. The summed E-state index contributed by atoms with van der Waals surface area (Å²) in [5.41, 5.74) is 4.63. The molecule has 2 heterocycles. The van der Waals surface area contributed by atoms with Gasteiger partial charge in [0.05, 0.1) is 6.04 Å². The van der Waals surface area contributed by atoms with Crippen molar-refractivity contribution in [3.8, 4) is 11.5 Å². The molecular formula is C31H37FN2O2. The van der Waals surface area contributed by atoms with Crippen LogP contribution in [0.2, 0.25) is 0 Å². The van der Waals surface area contributed by atoms with Crippen molar-refractivity contribution in [3.05, 3.63) is 89.2 Å². The van der Waals surface area contributed by atoms with E-state index in [2.05, 4.69) is 47.9 Å². The molecule has 36 heavy (non-hydrogen) atoms. The zero-order chi connectivity index (χ0) is 25.1. The highest BCUT2D eigenvalue weighted by Gasteiger charge is 2.28. The lowest BCUT2D eigenvalue weighted by Crippen LogP contribution is -2.40. The lowest BCUT2D eigenvalue weighted by Gasteiger charge is -2.39. The molecule has 3 unspecified atom stereocenters. The van der Waals surface area contributed by atoms with Crippen LogP contribution in [0.15, 0.2) is 66.7 Å². The summed E-state index contributed by atoms with van der Waals surface area (Å²) in [7, 11) is 0. The van der Waals surface area contributed by atoms with Crippen LogP contribution in [-0.4, -0.2) is 42.8 Å². The van der Waals surface area contributed by atoms with Crippen LogP contribution in [0.4, 0.5) is 10.1 Å². The molecule has 0 amide bonds. The van der Waals surface area contributed by atoms with Gasteiger partial charge in [-0.25, -0.2) is 4.39 Å². The summed E-state index contributed by atoms with van der Waals surface area (Å²) in [5.74, 6) is 2.50. The van der Waals surface area contributed by atoms with E-state index >= 15 is 0 Å². The number of hydrogen-bond donors (Lipinski definition) is 1. The Morgan fingerprint density at radius 2 is 1.67 bits per heavy atom. The SMILES string of the molecule is CC1CC(C)CN(CCOc2ccc(CC3c4ccc(O)cc4CCN3c3ccc(F)cc3)cc2)C1. The second-order valence-corrected chi connectivity index (χ2v) is 10.7. The minimum atomic E-state index is -0.225. The van der Waals surface area contributed by atoms with Crippen molar-refractivity contribution in [1.29, 1.82) is 0 Å². The van der Waals surface area contributed by atoms with Gasteiger partial charge in [0.25, 0.3) is 0 Å². The van der Waals surface area contributed by atoms with Gasteiger partial charge in [0.1, 0.15) is 23.9 Å². The van der Waals surface area contributed by atoms with Crippen molar-refractivity contribution < 1.29 is 14.2 Å². The fraction of sp³-hybridized carbons (Fsp3) is 0.419. The van der Waals surface area contributed by atoms with Crippen LogP contribution in [0.3, 0.4) is 0 Å². The lowest BCUT2D eigenvalue weighted by atomic mass is 9.88. The quantitative estimate of drug-likeness (QED) is 0.427. The molecule has 0 aliphatic carbocycles. The Morgan fingerprint density at radius 3 is 2.39 bits per heavy atom. The summed E-state index contributed by atoms with van der Waals surface area (Å²) in [4.78, 5) is 4.87. The molecule has 1 saturated heterocycles. The van der Waals surface area contributed by atoms with Gasteiger partial charge in [-0.3, -0.25) is 4.90 Å². The molecule has 4 nitrogen and oxygen atoms in total. The molecule has 190 valence electrons. The van der Waals surface area contributed by atoms with Gasteiger partial charge in [0.15, 0.2) is 0 Å². The molecule has 2 aliphatic heterocycles. The number of nitrogens with zero attached hydrogens (tertiary/aromatic N) is 2. The van der Waals surface area contributed by atoms with Crippen LogP contribution < -0.4 is 9.64 Å². The second kappa shape index (κ2) is 10.9. The van der Waals surface area contributed by atoms with E-state index in [1.54, 1.807) is 6.07 Å². The Kier molecular flexibility index (Phi) is 7.47. The topological polar surface area (TPSA) is 35.9 Å². The van der Waals surface area contributed by atoms with Crippen molar-refractivity contribution >= 4 is 5.69 Å². The van der Waals surface area contributed by atoms with Crippen LogP contribution in [0.5, 0.6) is 11.5 Å². The van der Waals surface area contributed by atoms with Crippen molar-refractivity contribution in [3.63, 3.8) is 0 Å². The first-order chi connectivity index (χ1) is 17.4. The van der Waals surface area contributed by atoms with Crippen LogP contribution in [0.25, 0.3) is 0 Å². The Morgan fingerprint density at radius 1 is 0.944 bits per heavy atom. The number of fused-ring (bicyclic) bond motifs is 1. The van der Waals surface area contributed by atoms with E-state index in [1.165, 1.54) is 35.2 Å². The van der Waals surface area contributed by atoms with Crippen molar-refractivity contribution in [2.24, 2.45) is 11.8 Å². The maximum atomic E-state index is 13.6. The van der Waals surface area contributed by atoms with Gasteiger partial charge in [-0.05, 0) is 96.3 Å². The number of piperidine rings is 1. The minimum absolute atomic E-state index is 0.106. The highest BCUT2D eigenvalue weighted by atomic mass is 19.1. The first-order valence-electron chi connectivity index (χ1n) is 13.2.